The Morgan fingerprint density at radius 2 is 2.41 bits per heavy atom. The summed E-state index contributed by atoms with van der Waals surface area (Å²) in [6.45, 7) is 8.35. The van der Waals surface area contributed by atoms with Crippen molar-refractivity contribution in [1.82, 2.24) is 15.5 Å². The highest BCUT2D eigenvalue weighted by Gasteiger charge is 2.24. The summed E-state index contributed by atoms with van der Waals surface area (Å²) < 4.78 is 4.94. The molecule has 1 amide bonds. The standard InChI is InChI=1S/C12H25N3O2/c1-10-9-15(7-6-13-10)11(2)12(16)14-5-4-8-17-3/h10-11,13H,4-9H2,1-3H3,(H,14,16)/t10-,11?/m0/s1. The van der Waals surface area contributed by atoms with Crippen LogP contribution in [0, 0.1) is 0 Å². The van der Waals surface area contributed by atoms with E-state index in [2.05, 4.69) is 22.5 Å². The van der Waals surface area contributed by atoms with Crippen molar-refractivity contribution in [2.75, 3.05) is 39.9 Å². The van der Waals surface area contributed by atoms with Gasteiger partial charge < -0.3 is 15.4 Å². The van der Waals surface area contributed by atoms with Crippen LogP contribution in [0.25, 0.3) is 0 Å². The van der Waals surface area contributed by atoms with Crippen LogP contribution in [0.3, 0.4) is 0 Å². The van der Waals surface area contributed by atoms with E-state index in [1.165, 1.54) is 0 Å². The Kier molecular flexibility index (Phi) is 6.47. The molecule has 0 aromatic carbocycles. The smallest absolute Gasteiger partial charge is 0.237 e. The number of carbonyl (C=O) groups excluding carboxylic acids is 1. The minimum atomic E-state index is -0.0397. The van der Waals surface area contributed by atoms with Crippen molar-refractivity contribution in [2.45, 2.75) is 32.4 Å². The molecule has 2 atom stereocenters. The van der Waals surface area contributed by atoms with E-state index in [0.29, 0.717) is 19.2 Å². The number of rotatable bonds is 6. The highest BCUT2D eigenvalue weighted by molar-refractivity contribution is 5.81. The van der Waals surface area contributed by atoms with E-state index in [0.717, 1.165) is 26.1 Å². The molecular weight excluding hydrogens is 218 g/mol. The van der Waals surface area contributed by atoms with E-state index in [9.17, 15) is 4.79 Å². The number of carbonyl (C=O) groups is 1. The van der Waals surface area contributed by atoms with Gasteiger partial charge in [0.25, 0.3) is 0 Å². The van der Waals surface area contributed by atoms with Gasteiger partial charge in [0.05, 0.1) is 6.04 Å². The zero-order valence-electron chi connectivity index (χ0n) is 11.2. The van der Waals surface area contributed by atoms with E-state index < -0.39 is 0 Å². The zero-order valence-corrected chi connectivity index (χ0v) is 11.2. The number of nitrogens with zero attached hydrogens (tertiary/aromatic N) is 1. The van der Waals surface area contributed by atoms with Crippen molar-refractivity contribution >= 4 is 5.91 Å². The molecular formula is C12H25N3O2. The molecule has 0 spiro atoms. The van der Waals surface area contributed by atoms with E-state index in [1.807, 2.05) is 6.92 Å². The van der Waals surface area contributed by atoms with Crippen molar-refractivity contribution in [3.8, 4) is 0 Å². The average molecular weight is 243 g/mol. The van der Waals surface area contributed by atoms with Crippen molar-refractivity contribution in [3.63, 3.8) is 0 Å². The molecule has 17 heavy (non-hydrogen) atoms. The van der Waals surface area contributed by atoms with Crippen LogP contribution >= 0.6 is 0 Å². The lowest BCUT2D eigenvalue weighted by molar-refractivity contribution is -0.126. The van der Waals surface area contributed by atoms with E-state index in [-0.39, 0.29) is 11.9 Å². The van der Waals surface area contributed by atoms with Gasteiger partial charge in [0.15, 0.2) is 0 Å². The van der Waals surface area contributed by atoms with Crippen LogP contribution in [0.4, 0.5) is 0 Å². The summed E-state index contributed by atoms with van der Waals surface area (Å²) >= 11 is 0. The molecule has 0 aromatic heterocycles. The maximum Gasteiger partial charge on any atom is 0.237 e. The molecule has 1 heterocycles. The van der Waals surface area contributed by atoms with E-state index in [4.69, 9.17) is 4.74 Å². The third-order valence-electron chi connectivity index (χ3n) is 3.15. The molecule has 0 aliphatic carbocycles. The Morgan fingerprint density at radius 1 is 1.65 bits per heavy atom. The van der Waals surface area contributed by atoms with E-state index in [1.54, 1.807) is 7.11 Å². The lowest BCUT2D eigenvalue weighted by Gasteiger charge is -2.35. The molecule has 0 saturated carbocycles. The quantitative estimate of drug-likeness (QED) is 0.636. The van der Waals surface area contributed by atoms with Crippen LogP contribution in [0.2, 0.25) is 0 Å². The predicted octanol–water partition coefficient (Wildman–Crippen LogP) is -0.179. The summed E-state index contributed by atoms with van der Waals surface area (Å²) in [5, 5.41) is 6.32. The first-order valence-corrected chi connectivity index (χ1v) is 6.39. The topological polar surface area (TPSA) is 53.6 Å². The summed E-state index contributed by atoms with van der Waals surface area (Å²) in [4.78, 5) is 14.1. The Morgan fingerprint density at radius 3 is 3.06 bits per heavy atom. The van der Waals surface area contributed by atoms with Crippen molar-refractivity contribution in [3.05, 3.63) is 0 Å². The Labute approximate surface area is 104 Å². The minimum Gasteiger partial charge on any atom is -0.385 e. The van der Waals surface area contributed by atoms with Crippen LogP contribution in [-0.4, -0.2) is 62.8 Å². The van der Waals surface area contributed by atoms with Gasteiger partial charge >= 0.3 is 0 Å². The third kappa shape index (κ3) is 5.02. The molecule has 100 valence electrons. The fourth-order valence-corrected chi connectivity index (χ4v) is 2.06. The highest BCUT2D eigenvalue weighted by atomic mass is 16.5. The number of piperazine rings is 1. The van der Waals surface area contributed by atoms with Crippen LogP contribution in [-0.2, 0) is 9.53 Å². The third-order valence-corrected chi connectivity index (χ3v) is 3.15. The molecule has 1 fully saturated rings. The number of amides is 1. The summed E-state index contributed by atoms with van der Waals surface area (Å²) in [7, 11) is 1.67. The first kappa shape index (κ1) is 14.4. The molecule has 5 nitrogen and oxygen atoms in total. The monoisotopic (exact) mass is 243 g/mol. The van der Waals surface area contributed by atoms with Gasteiger partial charge in [-0.25, -0.2) is 0 Å². The molecule has 1 aliphatic heterocycles. The summed E-state index contributed by atoms with van der Waals surface area (Å²) in [6.07, 6.45) is 0.868. The largest absolute Gasteiger partial charge is 0.385 e. The highest BCUT2D eigenvalue weighted by Crippen LogP contribution is 2.04. The Hall–Kier alpha value is -0.650. The van der Waals surface area contributed by atoms with Gasteiger partial charge in [-0.2, -0.15) is 0 Å². The van der Waals surface area contributed by atoms with E-state index >= 15 is 0 Å². The van der Waals surface area contributed by atoms with Gasteiger partial charge in [0, 0.05) is 45.9 Å². The van der Waals surface area contributed by atoms with Crippen LogP contribution in [0.15, 0.2) is 0 Å². The molecule has 0 bridgehead atoms. The second kappa shape index (κ2) is 7.63. The number of hydrogen-bond acceptors (Lipinski definition) is 4. The molecule has 0 aromatic rings. The number of nitrogens with one attached hydrogen (secondary N) is 2. The molecule has 2 N–H and O–H groups in total. The van der Waals surface area contributed by atoms with Crippen molar-refractivity contribution < 1.29 is 9.53 Å². The van der Waals surface area contributed by atoms with Crippen LogP contribution < -0.4 is 10.6 Å². The summed E-state index contributed by atoms with van der Waals surface area (Å²) in [6, 6.07) is 0.426. The lowest BCUT2D eigenvalue weighted by atomic mass is 10.1. The minimum absolute atomic E-state index is 0.0397. The molecule has 5 heteroatoms. The first-order chi connectivity index (χ1) is 8.15. The van der Waals surface area contributed by atoms with Gasteiger partial charge in [0.2, 0.25) is 5.91 Å². The predicted molar refractivity (Wildman–Crippen MR) is 68.0 cm³/mol. The number of ether oxygens (including phenoxy) is 1. The maximum absolute atomic E-state index is 11.9. The molecule has 1 rings (SSSR count). The van der Waals surface area contributed by atoms with Crippen LogP contribution in [0.5, 0.6) is 0 Å². The maximum atomic E-state index is 11.9. The second-order valence-corrected chi connectivity index (χ2v) is 4.66. The fraction of sp³-hybridized carbons (Fsp3) is 0.917. The lowest BCUT2D eigenvalue weighted by Crippen LogP contribution is -2.55. The number of methoxy groups -OCH3 is 1. The van der Waals surface area contributed by atoms with Gasteiger partial charge in [-0.3, -0.25) is 9.69 Å². The van der Waals surface area contributed by atoms with Crippen LogP contribution in [0.1, 0.15) is 20.3 Å². The Balaban J connectivity index is 2.25. The Bertz CT molecular complexity index is 236. The summed E-state index contributed by atoms with van der Waals surface area (Å²) in [5.41, 5.74) is 0. The molecule has 1 saturated heterocycles. The number of hydrogen-bond donors (Lipinski definition) is 2. The van der Waals surface area contributed by atoms with Gasteiger partial charge in [-0.1, -0.05) is 0 Å². The fourth-order valence-electron chi connectivity index (χ4n) is 2.06. The average Bonchev–Trinajstić information content (AvgIpc) is 2.33. The summed E-state index contributed by atoms with van der Waals surface area (Å²) in [5.74, 6) is 0.121. The van der Waals surface area contributed by atoms with Gasteiger partial charge in [-0.05, 0) is 20.3 Å². The van der Waals surface area contributed by atoms with Gasteiger partial charge in [-0.15, -0.1) is 0 Å². The molecule has 0 radical (unpaired) electrons. The SMILES string of the molecule is COCCCNC(=O)C(C)N1CCN[C@@H](C)C1. The molecule has 1 unspecified atom stereocenters. The second-order valence-electron chi connectivity index (χ2n) is 4.66. The van der Waals surface area contributed by atoms with Crippen molar-refractivity contribution in [1.29, 1.82) is 0 Å². The first-order valence-electron chi connectivity index (χ1n) is 6.39. The van der Waals surface area contributed by atoms with Crippen molar-refractivity contribution in [2.24, 2.45) is 0 Å². The normalized spacial score (nSPS) is 23.4. The molecule has 1 aliphatic rings. The van der Waals surface area contributed by atoms with Gasteiger partial charge in [0.1, 0.15) is 0 Å². The zero-order chi connectivity index (χ0) is 12.7.